The first kappa shape index (κ1) is 13.5. The van der Waals surface area contributed by atoms with Crippen molar-refractivity contribution < 1.29 is 4.65 Å². The Hall–Kier alpha value is -0.525. The van der Waals surface area contributed by atoms with Gasteiger partial charge in [-0.25, -0.2) is 0 Å². The van der Waals surface area contributed by atoms with Crippen molar-refractivity contribution >= 4 is 7.05 Å². The Kier molecular flexibility index (Phi) is 6.60. The minimum atomic E-state index is 0.0864. The smallest absolute Gasteiger partial charge is 0.379 e. The highest BCUT2D eigenvalue weighted by Crippen LogP contribution is 2.09. The number of rotatable bonds is 6. The number of hydrogen-bond donors (Lipinski definition) is 0. The first-order valence-corrected chi connectivity index (χ1v) is 5.26. The molecular formula is C10H21BN2O. The van der Waals surface area contributed by atoms with Crippen LogP contribution in [-0.4, -0.2) is 30.6 Å². The molecular weight excluding hydrogens is 175 g/mol. The van der Waals surface area contributed by atoms with E-state index in [4.69, 9.17) is 9.92 Å². The molecule has 0 saturated carbocycles. The second kappa shape index (κ2) is 6.86. The lowest BCUT2D eigenvalue weighted by atomic mass is 9.81. The zero-order valence-corrected chi connectivity index (χ0v) is 9.95. The molecule has 0 saturated heterocycles. The molecule has 80 valence electrons. The Balaban J connectivity index is 4.03. The molecule has 0 rings (SSSR count). The standard InChI is InChI=1S/C10H21BN2O/c1-9(2)13(10(3)4)11(5)14-8-6-7-12/h9-10H,6,8H2,1-5H3. The van der Waals surface area contributed by atoms with Crippen LogP contribution in [0.25, 0.3) is 0 Å². The van der Waals surface area contributed by atoms with E-state index in [9.17, 15) is 0 Å². The summed E-state index contributed by atoms with van der Waals surface area (Å²) >= 11 is 0. The summed E-state index contributed by atoms with van der Waals surface area (Å²) in [6.45, 7) is 11.2. The van der Waals surface area contributed by atoms with E-state index in [0.29, 0.717) is 25.1 Å². The summed E-state index contributed by atoms with van der Waals surface area (Å²) in [6.07, 6.45) is 0.467. The highest BCUT2D eigenvalue weighted by Gasteiger charge is 2.24. The van der Waals surface area contributed by atoms with Crippen LogP contribution >= 0.6 is 0 Å². The summed E-state index contributed by atoms with van der Waals surface area (Å²) < 4.78 is 5.57. The molecule has 0 bridgehead atoms. The average molecular weight is 196 g/mol. The summed E-state index contributed by atoms with van der Waals surface area (Å²) in [5.41, 5.74) is 0. The van der Waals surface area contributed by atoms with Crippen LogP contribution in [0.5, 0.6) is 0 Å². The van der Waals surface area contributed by atoms with Crippen LogP contribution in [0.4, 0.5) is 0 Å². The molecule has 0 fully saturated rings. The Morgan fingerprint density at radius 1 is 1.29 bits per heavy atom. The van der Waals surface area contributed by atoms with Gasteiger partial charge in [0.15, 0.2) is 0 Å². The van der Waals surface area contributed by atoms with Crippen LogP contribution in [0.1, 0.15) is 34.1 Å². The predicted molar refractivity (Wildman–Crippen MR) is 59.9 cm³/mol. The van der Waals surface area contributed by atoms with Crippen molar-refractivity contribution in [2.24, 2.45) is 0 Å². The molecule has 0 aromatic carbocycles. The van der Waals surface area contributed by atoms with Crippen molar-refractivity contribution in [3.8, 4) is 6.07 Å². The third-order valence-electron chi connectivity index (χ3n) is 2.19. The zero-order chi connectivity index (χ0) is 11.1. The second-order valence-corrected chi connectivity index (χ2v) is 4.01. The van der Waals surface area contributed by atoms with E-state index in [-0.39, 0.29) is 7.05 Å². The van der Waals surface area contributed by atoms with Crippen LogP contribution in [0.3, 0.4) is 0 Å². The maximum atomic E-state index is 8.39. The lowest BCUT2D eigenvalue weighted by Gasteiger charge is -2.33. The zero-order valence-electron chi connectivity index (χ0n) is 9.95. The third kappa shape index (κ3) is 4.64. The van der Waals surface area contributed by atoms with Crippen molar-refractivity contribution in [3.05, 3.63) is 0 Å². The van der Waals surface area contributed by atoms with Gasteiger partial charge in [0.1, 0.15) is 0 Å². The van der Waals surface area contributed by atoms with Gasteiger partial charge >= 0.3 is 7.05 Å². The number of nitrogens with zero attached hydrogens (tertiary/aromatic N) is 2. The topological polar surface area (TPSA) is 36.3 Å². The number of nitriles is 1. The van der Waals surface area contributed by atoms with E-state index in [2.05, 4.69) is 38.6 Å². The Morgan fingerprint density at radius 3 is 2.14 bits per heavy atom. The van der Waals surface area contributed by atoms with Crippen molar-refractivity contribution in [2.45, 2.75) is 53.0 Å². The van der Waals surface area contributed by atoms with Gasteiger partial charge in [0.05, 0.1) is 12.5 Å². The van der Waals surface area contributed by atoms with E-state index < -0.39 is 0 Å². The van der Waals surface area contributed by atoms with Crippen molar-refractivity contribution in [2.75, 3.05) is 6.61 Å². The minimum absolute atomic E-state index is 0.0864. The molecule has 14 heavy (non-hydrogen) atoms. The SMILES string of the molecule is CB(OCCC#N)N(C(C)C)C(C)C. The third-order valence-corrected chi connectivity index (χ3v) is 2.19. The van der Waals surface area contributed by atoms with E-state index >= 15 is 0 Å². The summed E-state index contributed by atoms with van der Waals surface area (Å²) in [6, 6.07) is 3.01. The monoisotopic (exact) mass is 196 g/mol. The van der Waals surface area contributed by atoms with Crippen molar-refractivity contribution in [3.63, 3.8) is 0 Å². The number of hydrogen-bond acceptors (Lipinski definition) is 3. The molecule has 0 heterocycles. The van der Waals surface area contributed by atoms with Crippen LogP contribution in [-0.2, 0) is 4.65 Å². The lowest BCUT2D eigenvalue weighted by Crippen LogP contribution is -2.48. The van der Waals surface area contributed by atoms with Gasteiger partial charge in [0.2, 0.25) is 0 Å². The van der Waals surface area contributed by atoms with Gasteiger partial charge < -0.3 is 9.47 Å². The molecule has 0 radical (unpaired) electrons. The summed E-state index contributed by atoms with van der Waals surface area (Å²) in [7, 11) is 0.0864. The fourth-order valence-electron chi connectivity index (χ4n) is 1.80. The highest BCUT2D eigenvalue weighted by molar-refractivity contribution is 6.47. The summed E-state index contributed by atoms with van der Waals surface area (Å²) in [5.74, 6) is 0. The molecule has 0 unspecified atom stereocenters. The van der Waals surface area contributed by atoms with Crippen LogP contribution in [0.15, 0.2) is 0 Å². The van der Waals surface area contributed by atoms with Crippen LogP contribution < -0.4 is 0 Å². The Bertz CT molecular complexity index is 181. The van der Waals surface area contributed by atoms with Gasteiger partial charge in [-0.3, -0.25) is 0 Å². The normalized spacial score (nSPS) is 11.1. The summed E-state index contributed by atoms with van der Waals surface area (Å²) in [4.78, 5) is 2.29. The van der Waals surface area contributed by atoms with Crippen LogP contribution in [0.2, 0.25) is 6.82 Å². The highest BCUT2D eigenvalue weighted by atomic mass is 16.4. The van der Waals surface area contributed by atoms with Gasteiger partial charge in [0.25, 0.3) is 0 Å². The minimum Gasteiger partial charge on any atom is -0.420 e. The molecule has 4 heteroatoms. The Labute approximate surface area is 88.2 Å². The molecule has 0 aliphatic rings. The molecule has 0 spiro atoms. The molecule has 0 aromatic heterocycles. The first-order chi connectivity index (χ1) is 6.50. The fraction of sp³-hybridized carbons (Fsp3) is 0.900. The lowest BCUT2D eigenvalue weighted by molar-refractivity contribution is 0.218. The fourth-order valence-corrected chi connectivity index (χ4v) is 1.80. The maximum Gasteiger partial charge on any atom is 0.379 e. The van der Waals surface area contributed by atoms with Gasteiger partial charge in [0, 0.05) is 6.61 Å². The van der Waals surface area contributed by atoms with E-state index in [1.165, 1.54) is 0 Å². The van der Waals surface area contributed by atoms with Crippen molar-refractivity contribution in [1.82, 2.24) is 4.81 Å². The van der Waals surface area contributed by atoms with Gasteiger partial charge in [-0.1, -0.05) is 27.7 Å². The Morgan fingerprint density at radius 2 is 1.79 bits per heavy atom. The predicted octanol–water partition coefficient (Wildman–Crippen LogP) is 2.15. The molecule has 3 nitrogen and oxygen atoms in total. The molecule has 0 N–H and O–H groups in total. The van der Waals surface area contributed by atoms with Gasteiger partial charge in [-0.2, -0.15) is 5.26 Å². The van der Waals surface area contributed by atoms with Crippen LogP contribution in [0, 0.1) is 11.3 Å². The maximum absolute atomic E-state index is 8.39. The van der Waals surface area contributed by atoms with Gasteiger partial charge in [-0.15, -0.1) is 0 Å². The first-order valence-electron chi connectivity index (χ1n) is 5.26. The average Bonchev–Trinajstić information content (AvgIpc) is 2.03. The van der Waals surface area contributed by atoms with E-state index in [1.807, 2.05) is 6.82 Å². The van der Waals surface area contributed by atoms with E-state index in [1.54, 1.807) is 0 Å². The van der Waals surface area contributed by atoms with E-state index in [0.717, 1.165) is 0 Å². The van der Waals surface area contributed by atoms with Crippen molar-refractivity contribution in [1.29, 1.82) is 5.26 Å². The molecule has 0 amide bonds. The largest absolute Gasteiger partial charge is 0.420 e. The molecule has 0 atom stereocenters. The summed E-state index contributed by atoms with van der Waals surface area (Å²) in [5, 5.41) is 8.39. The molecule has 0 aromatic rings. The second-order valence-electron chi connectivity index (χ2n) is 4.01. The molecule has 0 aliphatic heterocycles. The molecule has 0 aliphatic carbocycles. The quantitative estimate of drug-likeness (QED) is 0.482. The van der Waals surface area contributed by atoms with Gasteiger partial charge in [-0.05, 0) is 18.9 Å².